The molecular formula is C12H26N2O2. The zero-order valence-corrected chi connectivity index (χ0v) is 11.0. The van der Waals surface area contributed by atoms with Gasteiger partial charge >= 0.3 is 0 Å². The number of nitrogens with one attached hydrogen (secondary N) is 1. The first-order valence-electron chi connectivity index (χ1n) is 6.26. The highest BCUT2D eigenvalue weighted by Crippen LogP contribution is 2.12. The fraction of sp³-hybridized carbons (Fsp3) is 0.917. The summed E-state index contributed by atoms with van der Waals surface area (Å²) >= 11 is 0. The summed E-state index contributed by atoms with van der Waals surface area (Å²) in [6.07, 6.45) is 2.00. The van der Waals surface area contributed by atoms with Gasteiger partial charge in [0.05, 0.1) is 12.6 Å². The van der Waals surface area contributed by atoms with Crippen molar-refractivity contribution in [2.75, 3.05) is 19.7 Å². The number of aliphatic hydroxyl groups is 1. The highest BCUT2D eigenvalue weighted by atomic mass is 16.3. The number of rotatable bonds is 8. The molecule has 16 heavy (non-hydrogen) atoms. The van der Waals surface area contributed by atoms with E-state index >= 15 is 0 Å². The fourth-order valence-corrected chi connectivity index (χ4v) is 2.04. The molecule has 0 saturated heterocycles. The van der Waals surface area contributed by atoms with Gasteiger partial charge in [0.2, 0.25) is 5.91 Å². The number of carbonyl (C=O) groups excluding carboxylic acids is 1. The molecule has 0 rings (SSSR count). The maximum atomic E-state index is 11.8. The van der Waals surface area contributed by atoms with Crippen LogP contribution in [0, 0.1) is 0 Å². The quantitative estimate of drug-likeness (QED) is 0.654. The molecule has 1 amide bonds. The standard InChI is InChI=1S/C12H26N2O2/c1-5-11(6-2)14(8-9-15)10(4)12(16)13-7-3/h10-11,15H,5-9H2,1-4H3,(H,13,16). The van der Waals surface area contributed by atoms with Crippen LogP contribution in [0.4, 0.5) is 0 Å². The average Bonchev–Trinajstić information content (AvgIpc) is 2.29. The summed E-state index contributed by atoms with van der Waals surface area (Å²) in [5, 5.41) is 11.9. The van der Waals surface area contributed by atoms with Gasteiger partial charge in [0.1, 0.15) is 0 Å². The Kier molecular flexibility index (Phi) is 8.21. The number of nitrogens with zero attached hydrogens (tertiary/aromatic N) is 1. The number of carbonyl (C=O) groups is 1. The lowest BCUT2D eigenvalue weighted by Crippen LogP contribution is -2.50. The second-order valence-electron chi connectivity index (χ2n) is 4.00. The minimum Gasteiger partial charge on any atom is -0.395 e. The molecule has 0 aromatic heterocycles. The smallest absolute Gasteiger partial charge is 0.237 e. The van der Waals surface area contributed by atoms with Crippen LogP contribution in [0.2, 0.25) is 0 Å². The van der Waals surface area contributed by atoms with Gasteiger partial charge in [0.15, 0.2) is 0 Å². The third-order valence-electron chi connectivity index (χ3n) is 3.00. The molecular weight excluding hydrogens is 204 g/mol. The highest BCUT2D eigenvalue weighted by Gasteiger charge is 2.25. The molecule has 0 aliphatic heterocycles. The number of amides is 1. The van der Waals surface area contributed by atoms with E-state index in [4.69, 9.17) is 5.11 Å². The number of likely N-dealkylation sites (N-methyl/N-ethyl adjacent to an activating group) is 1. The molecule has 0 fully saturated rings. The minimum absolute atomic E-state index is 0.0443. The van der Waals surface area contributed by atoms with E-state index in [1.54, 1.807) is 0 Å². The normalized spacial score (nSPS) is 13.2. The maximum Gasteiger partial charge on any atom is 0.237 e. The Bertz CT molecular complexity index is 193. The molecule has 0 aliphatic rings. The Morgan fingerprint density at radius 1 is 1.31 bits per heavy atom. The fourth-order valence-electron chi connectivity index (χ4n) is 2.04. The first-order valence-corrected chi connectivity index (χ1v) is 6.26. The van der Waals surface area contributed by atoms with Crippen LogP contribution in [0.25, 0.3) is 0 Å². The van der Waals surface area contributed by atoms with Crippen LogP contribution < -0.4 is 5.32 Å². The van der Waals surface area contributed by atoms with Crippen molar-refractivity contribution in [2.45, 2.75) is 52.6 Å². The summed E-state index contributed by atoms with van der Waals surface area (Å²) in [5.41, 5.74) is 0. The third-order valence-corrected chi connectivity index (χ3v) is 3.00. The van der Waals surface area contributed by atoms with Crippen molar-refractivity contribution in [1.82, 2.24) is 10.2 Å². The van der Waals surface area contributed by atoms with Crippen molar-refractivity contribution in [3.8, 4) is 0 Å². The Balaban J connectivity index is 4.55. The highest BCUT2D eigenvalue weighted by molar-refractivity contribution is 5.81. The van der Waals surface area contributed by atoms with E-state index in [9.17, 15) is 4.79 Å². The third kappa shape index (κ3) is 4.49. The zero-order valence-electron chi connectivity index (χ0n) is 11.0. The summed E-state index contributed by atoms with van der Waals surface area (Å²) < 4.78 is 0. The molecule has 0 spiro atoms. The number of hydrogen-bond donors (Lipinski definition) is 2. The molecule has 0 bridgehead atoms. The summed E-state index contributed by atoms with van der Waals surface area (Å²) in [6.45, 7) is 9.35. The predicted molar refractivity (Wildman–Crippen MR) is 66.3 cm³/mol. The van der Waals surface area contributed by atoms with Gasteiger partial charge in [0.25, 0.3) is 0 Å². The molecule has 0 heterocycles. The van der Waals surface area contributed by atoms with Crippen molar-refractivity contribution < 1.29 is 9.90 Å². The van der Waals surface area contributed by atoms with E-state index in [-0.39, 0.29) is 18.6 Å². The summed E-state index contributed by atoms with van der Waals surface area (Å²) in [4.78, 5) is 13.8. The topological polar surface area (TPSA) is 52.6 Å². The Labute approximate surface area is 99.0 Å². The monoisotopic (exact) mass is 230 g/mol. The zero-order chi connectivity index (χ0) is 12.6. The SMILES string of the molecule is CCNC(=O)C(C)N(CCO)C(CC)CC. The molecule has 0 aromatic rings. The summed E-state index contributed by atoms with van der Waals surface area (Å²) in [7, 11) is 0. The number of aliphatic hydroxyl groups excluding tert-OH is 1. The Morgan fingerprint density at radius 3 is 2.25 bits per heavy atom. The Morgan fingerprint density at radius 2 is 1.88 bits per heavy atom. The van der Waals surface area contributed by atoms with E-state index in [1.165, 1.54) is 0 Å². The first kappa shape index (κ1) is 15.4. The minimum atomic E-state index is -0.169. The van der Waals surface area contributed by atoms with Gasteiger partial charge in [-0.25, -0.2) is 0 Å². The number of hydrogen-bond acceptors (Lipinski definition) is 3. The molecule has 1 atom stereocenters. The maximum absolute atomic E-state index is 11.8. The van der Waals surface area contributed by atoms with Crippen molar-refractivity contribution >= 4 is 5.91 Å². The average molecular weight is 230 g/mol. The van der Waals surface area contributed by atoms with Gasteiger partial charge < -0.3 is 10.4 Å². The molecule has 1 unspecified atom stereocenters. The largest absolute Gasteiger partial charge is 0.395 e. The van der Waals surface area contributed by atoms with Gasteiger partial charge in [-0.2, -0.15) is 0 Å². The lowest BCUT2D eigenvalue weighted by atomic mass is 10.1. The van der Waals surface area contributed by atoms with Crippen molar-refractivity contribution in [1.29, 1.82) is 0 Å². The lowest BCUT2D eigenvalue weighted by molar-refractivity contribution is -0.127. The molecule has 96 valence electrons. The molecule has 4 nitrogen and oxygen atoms in total. The molecule has 0 aliphatic carbocycles. The van der Waals surface area contributed by atoms with Gasteiger partial charge in [0, 0.05) is 19.1 Å². The van der Waals surface area contributed by atoms with Gasteiger partial charge in [-0.1, -0.05) is 13.8 Å². The molecule has 0 radical (unpaired) electrons. The molecule has 2 N–H and O–H groups in total. The van der Waals surface area contributed by atoms with Crippen LogP contribution >= 0.6 is 0 Å². The van der Waals surface area contributed by atoms with Crippen LogP contribution in [0.5, 0.6) is 0 Å². The van der Waals surface area contributed by atoms with Crippen LogP contribution in [0.3, 0.4) is 0 Å². The van der Waals surface area contributed by atoms with Crippen LogP contribution in [-0.2, 0) is 4.79 Å². The summed E-state index contributed by atoms with van der Waals surface area (Å²) in [5.74, 6) is 0.0443. The van der Waals surface area contributed by atoms with Crippen molar-refractivity contribution in [2.24, 2.45) is 0 Å². The first-order chi connectivity index (χ1) is 7.62. The second-order valence-corrected chi connectivity index (χ2v) is 4.00. The summed E-state index contributed by atoms with van der Waals surface area (Å²) in [6, 6.07) is 0.196. The molecule has 0 saturated carbocycles. The van der Waals surface area contributed by atoms with E-state index in [0.29, 0.717) is 19.1 Å². The van der Waals surface area contributed by atoms with E-state index in [1.807, 2.05) is 13.8 Å². The van der Waals surface area contributed by atoms with Gasteiger partial charge in [-0.15, -0.1) is 0 Å². The van der Waals surface area contributed by atoms with Crippen molar-refractivity contribution in [3.05, 3.63) is 0 Å². The Hall–Kier alpha value is -0.610. The van der Waals surface area contributed by atoms with Gasteiger partial charge in [-0.3, -0.25) is 9.69 Å². The van der Waals surface area contributed by atoms with E-state index in [2.05, 4.69) is 24.1 Å². The second kappa shape index (κ2) is 8.53. The van der Waals surface area contributed by atoms with Crippen LogP contribution in [-0.4, -0.2) is 47.7 Å². The predicted octanol–water partition coefficient (Wildman–Crippen LogP) is 0.994. The lowest BCUT2D eigenvalue weighted by Gasteiger charge is -2.34. The molecule has 0 aromatic carbocycles. The van der Waals surface area contributed by atoms with E-state index in [0.717, 1.165) is 12.8 Å². The van der Waals surface area contributed by atoms with Crippen LogP contribution in [0.15, 0.2) is 0 Å². The van der Waals surface area contributed by atoms with Gasteiger partial charge in [-0.05, 0) is 26.7 Å². The van der Waals surface area contributed by atoms with Crippen molar-refractivity contribution in [3.63, 3.8) is 0 Å². The molecule has 4 heteroatoms. The van der Waals surface area contributed by atoms with Crippen LogP contribution in [0.1, 0.15) is 40.5 Å². The van der Waals surface area contributed by atoms with E-state index < -0.39 is 0 Å².